The van der Waals surface area contributed by atoms with E-state index in [1.807, 2.05) is 32.0 Å². The summed E-state index contributed by atoms with van der Waals surface area (Å²) in [5.74, 6) is 0.616. The van der Waals surface area contributed by atoms with Crippen molar-refractivity contribution in [3.05, 3.63) is 95.3 Å². The number of pyridine rings is 1. The Hall–Kier alpha value is -3.33. The first kappa shape index (κ1) is 22.5. The summed E-state index contributed by atoms with van der Waals surface area (Å²) in [6.45, 7) is 8.29. The van der Waals surface area contributed by atoms with Crippen molar-refractivity contribution in [2.24, 2.45) is 0 Å². The number of hydrogen-bond acceptors (Lipinski definition) is 3. The van der Waals surface area contributed by atoms with E-state index in [2.05, 4.69) is 73.4 Å². The molecule has 0 aliphatic heterocycles. The maximum Gasteiger partial charge on any atom is 0.217 e. The molecule has 169 valence electrons. The smallest absolute Gasteiger partial charge is 0.217 e. The standard InChI is InChI=1S/C30H23N2O.Ir/c1-17-9-5-6-11-22(17)23-12-8-14-25-27(23)24-13-7-10-18(2)26(24)29-28(25)32-30(33-29)21-15-19(3)31-20(4)16-21;/h5-13,15-16H,1-4H3;/q-1;. The number of rotatable bonds is 2. The van der Waals surface area contributed by atoms with Crippen molar-refractivity contribution in [2.75, 3.05) is 0 Å². The first-order valence-electron chi connectivity index (χ1n) is 11.2. The minimum Gasteiger partial charge on any atom is -0.446 e. The van der Waals surface area contributed by atoms with Gasteiger partial charge in [-0.2, -0.15) is 0 Å². The fourth-order valence-electron chi connectivity index (χ4n) is 4.98. The number of hydrogen-bond donors (Lipinski definition) is 0. The Balaban J connectivity index is 0.00000241. The molecule has 0 saturated carbocycles. The van der Waals surface area contributed by atoms with Crippen LogP contribution in [0.3, 0.4) is 0 Å². The molecule has 0 unspecified atom stereocenters. The summed E-state index contributed by atoms with van der Waals surface area (Å²) in [7, 11) is 0. The van der Waals surface area contributed by atoms with Gasteiger partial charge in [0.25, 0.3) is 0 Å². The van der Waals surface area contributed by atoms with Crippen LogP contribution >= 0.6 is 0 Å². The maximum atomic E-state index is 6.48. The molecule has 0 fully saturated rings. The van der Waals surface area contributed by atoms with E-state index in [0.717, 1.165) is 44.2 Å². The van der Waals surface area contributed by atoms with E-state index < -0.39 is 0 Å². The van der Waals surface area contributed by atoms with Gasteiger partial charge >= 0.3 is 0 Å². The van der Waals surface area contributed by atoms with Crippen molar-refractivity contribution >= 4 is 32.6 Å². The molecule has 1 radical (unpaired) electrons. The summed E-state index contributed by atoms with van der Waals surface area (Å²) in [6.07, 6.45) is 0. The van der Waals surface area contributed by atoms with Crippen molar-refractivity contribution in [3.8, 4) is 22.6 Å². The Morgan fingerprint density at radius 1 is 0.735 bits per heavy atom. The number of benzene rings is 4. The topological polar surface area (TPSA) is 38.9 Å². The van der Waals surface area contributed by atoms with Crippen LogP contribution < -0.4 is 0 Å². The average molecular weight is 620 g/mol. The predicted molar refractivity (Wildman–Crippen MR) is 135 cm³/mol. The molecule has 34 heavy (non-hydrogen) atoms. The van der Waals surface area contributed by atoms with Gasteiger partial charge in [0.1, 0.15) is 5.58 Å². The quantitative estimate of drug-likeness (QED) is 0.146. The van der Waals surface area contributed by atoms with E-state index >= 15 is 0 Å². The molecule has 0 aliphatic carbocycles. The van der Waals surface area contributed by atoms with Crippen LogP contribution in [0.2, 0.25) is 0 Å². The molecule has 0 aliphatic rings. The number of oxazole rings is 1. The molecule has 0 amide bonds. The SMILES string of the molecule is Cc1cc(-c2nc3c4[c-]ccc(-c5ccccc5C)c4c4cccc(C)c4c3o2)cc(C)n1.[Ir]. The van der Waals surface area contributed by atoms with Crippen molar-refractivity contribution in [2.45, 2.75) is 27.7 Å². The number of aromatic nitrogens is 2. The van der Waals surface area contributed by atoms with E-state index in [-0.39, 0.29) is 20.1 Å². The first-order valence-corrected chi connectivity index (χ1v) is 11.2. The zero-order valence-corrected chi connectivity index (χ0v) is 21.9. The van der Waals surface area contributed by atoms with Crippen LogP contribution in [0, 0.1) is 33.8 Å². The van der Waals surface area contributed by atoms with E-state index in [4.69, 9.17) is 9.40 Å². The van der Waals surface area contributed by atoms with Crippen molar-refractivity contribution in [1.29, 1.82) is 0 Å². The van der Waals surface area contributed by atoms with Crippen LogP contribution in [0.4, 0.5) is 0 Å². The van der Waals surface area contributed by atoms with Gasteiger partial charge in [0.05, 0.1) is 0 Å². The molecule has 3 nitrogen and oxygen atoms in total. The summed E-state index contributed by atoms with van der Waals surface area (Å²) in [4.78, 5) is 9.52. The zero-order valence-electron chi connectivity index (χ0n) is 19.5. The van der Waals surface area contributed by atoms with E-state index in [0.29, 0.717) is 5.89 Å². The Labute approximate surface area is 212 Å². The van der Waals surface area contributed by atoms with Gasteiger partial charge in [0, 0.05) is 48.0 Å². The second-order valence-corrected chi connectivity index (χ2v) is 8.79. The average Bonchev–Trinajstić information content (AvgIpc) is 3.24. The van der Waals surface area contributed by atoms with E-state index in [1.54, 1.807) is 0 Å². The van der Waals surface area contributed by atoms with Crippen LogP contribution in [0.5, 0.6) is 0 Å². The maximum absolute atomic E-state index is 6.48. The fraction of sp³-hybridized carbons (Fsp3) is 0.133. The Kier molecular flexibility index (Phi) is 5.59. The molecule has 2 heterocycles. The summed E-state index contributed by atoms with van der Waals surface area (Å²) in [6, 6.07) is 26.7. The molecular formula is C30H23IrN2O-. The van der Waals surface area contributed by atoms with Crippen LogP contribution in [0.25, 0.3) is 55.2 Å². The zero-order chi connectivity index (χ0) is 22.7. The van der Waals surface area contributed by atoms with Crippen molar-refractivity contribution in [1.82, 2.24) is 9.97 Å². The number of fused-ring (bicyclic) bond motifs is 6. The van der Waals surface area contributed by atoms with Gasteiger partial charge in [0.15, 0.2) is 0 Å². The monoisotopic (exact) mass is 620 g/mol. The minimum absolute atomic E-state index is 0. The molecule has 0 N–H and O–H groups in total. The molecule has 0 spiro atoms. The Bertz CT molecular complexity index is 1690. The molecule has 0 bridgehead atoms. The predicted octanol–water partition coefficient (Wildman–Crippen LogP) is 7.89. The first-order chi connectivity index (χ1) is 16.0. The summed E-state index contributed by atoms with van der Waals surface area (Å²) < 4.78 is 6.48. The molecule has 0 atom stereocenters. The summed E-state index contributed by atoms with van der Waals surface area (Å²) in [5.41, 5.74) is 9.35. The molecule has 2 aromatic heterocycles. The van der Waals surface area contributed by atoms with Gasteiger partial charge in [-0.3, -0.25) is 9.97 Å². The van der Waals surface area contributed by atoms with E-state index in [9.17, 15) is 0 Å². The van der Waals surface area contributed by atoms with Crippen LogP contribution in [-0.2, 0) is 20.1 Å². The molecular weight excluding hydrogens is 597 g/mol. The second kappa shape index (κ2) is 8.47. The van der Waals surface area contributed by atoms with Gasteiger partial charge in [-0.05, 0) is 61.9 Å². The molecule has 6 aromatic rings. The largest absolute Gasteiger partial charge is 0.446 e. The van der Waals surface area contributed by atoms with E-state index in [1.165, 1.54) is 27.6 Å². The third kappa shape index (κ3) is 3.46. The third-order valence-corrected chi connectivity index (χ3v) is 6.39. The Morgan fingerprint density at radius 3 is 2.24 bits per heavy atom. The fourth-order valence-corrected chi connectivity index (χ4v) is 4.98. The third-order valence-electron chi connectivity index (χ3n) is 6.39. The normalized spacial score (nSPS) is 11.3. The van der Waals surface area contributed by atoms with Crippen molar-refractivity contribution < 1.29 is 24.5 Å². The summed E-state index contributed by atoms with van der Waals surface area (Å²) in [5, 5.41) is 4.43. The van der Waals surface area contributed by atoms with Gasteiger partial charge < -0.3 is 4.42 Å². The molecule has 6 rings (SSSR count). The Morgan fingerprint density at radius 2 is 1.47 bits per heavy atom. The van der Waals surface area contributed by atoms with Crippen LogP contribution in [0.15, 0.2) is 71.1 Å². The van der Waals surface area contributed by atoms with Gasteiger partial charge in [0.2, 0.25) is 5.89 Å². The van der Waals surface area contributed by atoms with Crippen LogP contribution in [0.1, 0.15) is 22.5 Å². The molecule has 4 heteroatoms. The van der Waals surface area contributed by atoms with Crippen LogP contribution in [-0.4, -0.2) is 9.97 Å². The number of aryl methyl sites for hydroxylation is 4. The van der Waals surface area contributed by atoms with Crippen molar-refractivity contribution in [3.63, 3.8) is 0 Å². The molecule has 0 saturated heterocycles. The second-order valence-electron chi connectivity index (χ2n) is 8.79. The van der Waals surface area contributed by atoms with Gasteiger partial charge in [-0.15, -0.1) is 23.6 Å². The van der Waals surface area contributed by atoms with Gasteiger partial charge in [-0.25, -0.2) is 0 Å². The number of nitrogens with zero attached hydrogens (tertiary/aromatic N) is 2. The molecule has 4 aromatic carbocycles. The van der Waals surface area contributed by atoms with Gasteiger partial charge in [-0.1, -0.05) is 53.4 Å². The summed E-state index contributed by atoms with van der Waals surface area (Å²) >= 11 is 0. The minimum atomic E-state index is 0.